The van der Waals surface area contributed by atoms with Crippen LogP contribution in [-0.2, 0) is 0 Å². The Labute approximate surface area is 67.4 Å². The zero-order valence-electron chi connectivity index (χ0n) is 5.78. The molecule has 0 aliphatic heterocycles. The van der Waals surface area contributed by atoms with Crippen LogP contribution in [0.25, 0.3) is 0 Å². The van der Waals surface area contributed by atoms with Gasteiger partial charge in [0.2, 0.25) is 0 Å². The molecule has 0 spiro atoms. The van der Waals surface area contributed by atoms with Gasteiger partial charge in [-0.05, 0) is 6.92 Å². The van der Waals surface area contributed by atoms with Crippen LogP contribution in [0.5, 0.6) is 0 Å². The Morgan fingerprint density at radius 3 is 2.11 bits per heavy atom. The van der Waals surface area contributed by atoms with Crippen LogP contribution >= 0.6 is 12.2 Å². The highest BCUT2D eigenvalue weighted by atomic mass is 35.5. The molecule has 4 heteroatoms. The molecule has 0 bridgehead atoms. The second-order valence-corrected chi connectivity index (χ2v) is 2.72. The minimum absolute atomic E-state index is 0. The number of halogens is 1. The molecule has 0 saturated heterocycles. The van der Waals surface area contributed by atoms with Crippen molar-refractivity contribution < 1.29 is 18.1 Å². The van der Waals surface area contributed by atoms with Crippen LogP contribution in [0, 0.1) is 0 Å². The molecule has 0 saturated carbocycles. The lowest BCUT2D eigenvalue weighted by Crippen LogP contribution is -3.00. The van der Waals surface area contributed by atoms with E-state index in [1.807, 2.05) is 13.8 Å². The minimum Gasteiger partial charge on any atom is -1.00 e. The summed E-state index contributed by atoms with van der Waals surface area (Å²) in [5.74, 6) is 0. The summed E-state index contributed by atoms with van der Waals surface area (Å²) >= 11 is 4.75. The summed E-state index contributed by atoms with van der Waals surface area (Å²) in [4.78, 5) is 0.500. The van der Waals surface area contributed by atoms with Crippen LogP contribution in [-0.4, -0.2) is 10.5 Å². The van der Waals surface area contributed by atoms with Gasteiger partial charge < -0.3 is 23.9 Å². The van der Waals surface area contributed by atoms with Crippen LogP contribution < -0.4 is 23.9 Å². The fraction of sp³-hybridized carbons (Fsp3) is 0.800. The smallest absolute Gasteiger partial charge is 0.142 e. The number of hydrogen-bond acceptors (Lipinski definition) is 1. The Kier molecular flexibility index (Phi) is 5.33. The predicted molar refractivity (Wildman–Crippen MR) is 38.4 cm³/mol. The monoisotopic (exact) mass is 168 g/mol. The molecular weight excluding hydrogens is 156 g/mol. The molecular formula is C5H13ClN2S. The molecule has 1 unspecified atom stereocenters. The first-order valence-corrected chi connectivity index (χ1v) is 3.07. The summed E-state index contributed by atoms with van der Waals surface area (Å²) < 4.78 is 0. The Hall–Kier alpha value is 0.140. The number of rotatable bonds is 2. The van der Waals surface area contributed by atoms with Crippen molar-refractivity contribution in [3.8, 4) is 0 Å². The van der Waals surface area contributed by atoms with E-state index in [4.69, 9.17) is 18.0 Å². The second-order valence-electron chi connectivity index (χ2n) is 2.28. The van der Waals surface area contributed by atoms with Gasteiger partial charge >= 0.3 is 0 Å². The van der Waals surface area contributed by atoms with Crippen molar-refractivity contribution in [1.29, 1.82) is 0 Å². The van der Waals surface area contributed by atoms with Gasteiger partial charge in [0.25, 0.3) is 0 Å². The molecule has 0 rings (SSSR count). The Morgan fingerprint density at radius 1 is 1.78 bits per heavy atom. The summed E-state index contributed by atoms with van der Waals surface area (Å²) in [6.07, 6.45) is 0.905. The van der Waals surface area contributed by atoms with Crippen molar-refractivity contribution in [3.05, 3.63) is 0 Å². The normalized spacial score (nSPS) is 15.4. The molecule has 0 amide bonds. The van der Waals surface area contributed by atoms with Crippen LogP contribution in [0.15, 0.2) is 0 Å². The molecule has 0 aliphatic carbocycles. The van der Waals surface area contributed by atoms with Gasteiger partial charge in [0, 0.05) is 6.42 Å². The first-order valence-electron chi connectivity index (χ1n) is 2.66. The summed E-state index contributed by atoms with van der Waals surface area (Å²) in [7, 11) is 0. The largest absolute Gasteiger partial charge is 1.00 e. The first kappa shape index (κ1) is 11.9. The molecule has 0 fully saturated rings. The lowest BCUT2D eigenvalue weighted by atomic mass is 10.0. The molecule has 56 valence electrons. The van der Waals surface area contributed by atoms with Gasteiger partial charge in [-0.3, -0.25) is 0 Å². The molecule has 0 radical (unpaired) electrons. The van der Waals surface area contributed by atoms with E-state index in [0.29, 0.717) is 4.99 Å². The predicted octanol–water partition coefficient (Wildman–Crippen LogP) is -3.31. The van der Waals surface area contributed by atoms with Crippen LogP contribution in [0.4, 0.5) is 0 Å². The summed E-state index contributed by atoms with van der Waals surface area (Å²) in [6, 6.07) is 0. The van der Waals surface area contributed by atoms with E-state index in [0.717, 1.165) is 6.42 Å². The quantitative estimate of drug-likeness (QED) is 0.425. The first-order chi connectivity index (χ1) is 3.50. The van der Waals surface area contributed by atoms with Crippen molar-refractivity contribution in [2.45, 2.75) is 25.8 Å². The Morgan fingerprint density at radius 2 is 2.11 bits per heavy atom. The van der Waals surface area contributed by atoms with E-state index >= 15 is 0 Å². The van der Waals surface area contributed by atoms with Crippen molar-refractivity contribution >= 4 is 17.2 Å². The average Bonchev–Trinajstić information content (AvgIpc) is 1.67. The van der Waals surface area contributed by atoms with Gasteiger partial charge in [-0.15, -0.1) is 0 Å². The van der Waals surface area contributed by atoms with E-state index in [1.54, 1.807) is 0 Å². The van der Waals surface area contributed by atoms with Gasteiger partial charge in [-0.2, -0.15) is 0 Å². The van der Waals surface area contributed by atoms with Gasteiger partial charge in [0.15, 0.2) is 0 Å². The van der Waals surface area contributed by atoms with Gasteiger partial charge in [0.05, 0.1) is 0 Å². The molecule has 5 N–H and O–H groups in total. The van der Waals surface area contributed by atoms with Crippen LogP contribution in [0.1, 0.15) is 20.3 Å². The van der Waals surface area contributed by atoms with E-state index < -0.39 is 0 Å². The maximum absolute atomic E-state index is 5.35. The fourth-order valence-electron chi connectivity index (χ4n) is 0.174. The van der Waals surface area contributed by atoms with Gasteiger partial charge in [-0.1, -0.05) is 19.1 Å². The summed E-state index contributed by atoms with van der Waals surface area (Å²) in [5.41, 5.74) is 8.97. The fourth-order valence-corrected chi connectivity index (χ4v) is 0.319. The molecule has 1 atom stereocenters. The maximum atomic E-state index is 5.35. The topological polar surface area (TPSA) is 53.7 Å². The van der Waals surface area contributed by atoms with Crippen molar-refractivity contribution in [3.63, 3.8) is 0 Å². The molecule has 0 aromatic rings. The van der Waals surface area contributed by atoms with Crippen molar-refractivity contribution in [2.75, 3.05) is 0 Å². The van der Waals surface area contributed by atoms with E-state index in [2.05, 4.69) is 5.73 Å². The zero-order valence-corrected chi connectivity index (χ0v) is 7.35. The van der Waals surface area contributed by atoms with Gasteiger partial charge in [-0.25, -0.2) is 0 Å². The molecule has 0 aromatic heterocycles. The Bertz CT molecular complexity index is 103. The zero-order chi connectivity index (χ0) is 6.78. The summed E-state index contributed by atoms with van der Waals surface area (Å²) in [6.45, 7) is 3.96. The lowest BCUT2D eigenvalue weighted by Gasteiger charge is -2.15. The highest BCUT2D eigenvalue weighted by Crippen LogP contribution is 2.00. The molecule has 0 aromatic carbocycles. The third kappa shape index (κ3) is 3.67. The molecule has 2 nitrogen and oxygen atoms in total. The van der Waals surface area contributed by atoms with Crippen LogP contribution in [0.3, 0.4) is 0 Å². The molecule has 0 heterocycles. The third-order valence-electron chi connectivity index (χ3n) is 1.38. The van der Waals surface area contributed by atoms with E-state index in [-0.39, 0.29) is 17.9 Å². The third-order valence-corrected chi connectivity index (χ3v) is 1.87. The molecule has 0 aliphatic rings. The number of hydrogen-bond donors (Lipinski definition) is 2. The standard InChI is InChI=1S/C5H12N2S.ClH/c1-3-5(2,7)4(6)8;/h3,7H2,1-2H3,(H2,6,8);1H. The maximum Gasteiger partial charge on any atom is 0.142 e. The van der Waals surface area contributed by atoms with E-state index in [1.165, 1.54) is 0 Å². The Balaban J connectivity index is 0. The highest BCUT2D eigenvalue weighted by molar-refractivity contribution is 7.80. The van der Waals surface area contributed by atoms with Gasteiger partial charge in [0.1, 0.15) is 10.5 Å². The van der Waals surface area contributed by atoms with E-state index in [9.17, 15) is 0 Å². The lowest BCUT2D eigenvalue weighted by molar-refractivity contribution is -0.443. The highest BCUT2D eigenvalue weighted by Gasteiger charge is 2.22. The number of quaternary nitrogens is 1. The average molecular weight is 169 g/mol. The van der Waals surface area contributed by atoms with Crippen molar-refractivity contribution in [1.82, 2.24) is 0 Å². The van der Waals surface area contributed by atoms with Crippen molar-refractivity contribution in [2.24, 2.45) is 5.73 Å². The SMILES string of the molecule is CCC(C)([NH3+])C(N)=S.[Cl-]. The minimum atomic E-state index is -0.199. The molecule has 9 heavy (non-hydrogen) atoms. The number of nitrogens with two attached hydrogens (primary N) is 1. The van der Waals surface area contributed by atoms with Crippen LogP contribution in [0.2, 0.25) is 0 Å². The summed E-state index contributed by atoms with van der Waals surface area (Å²) in [5, 5.41) is 0. The number of thiocarbonyl (C=S) groups is 1. The second kappa shape index (κ2) is 4.04.